The fourth-order valence-corrected chi connectivity index (χ4v) is 2.61. The third-order valence-corrected chi connectivity index (χ3v) is 3.21. The van der Waals surface area contributed by atoms with Gasteiger partial charge in [-0.25, -0.2) is 12.8 Å². The molecule has 1 aromatic rings. The molecule has 0 heterocycles. The minimum atomic E-state index is -3.87. The molecule has 0 aliphatic heterocycles. The summed E-state index contributed by atoms with van der Waals surface area (Å²) in [5.41, 5.74) is 0.0867. The van der Waals surface area contributed by atoms with Crippen molar-refractivity contribution in [3.63, 3.8) is 0 Å². The zero-order chi connectivity index (χ0) is 12.5. The van der Waals surface area contributed by atoms with Crippen LogP contribution in [0, 0.1) is 12.7 Å². The standard InChI is InChI=1S/C9H9Cl2FO3S/c1-5-3-7(10)9(15-2)6(8(5)12)4-16(11,13)14/h3H,4H2,1-2H3. The van der Waals surface area contributed by atoms with Crippen LogP contribution in [0.3, 0.4) is 0 Å². The van der Waals surface area contributed by atoms with Crippen LogP contribution in [0.1, 0.15) is 11.1 Å². The smallest absolute Gasteiger partial charge is 0.237 e. The largest absolute Gasteiger partial charge is 0.495 e. The Bertz CT molecular complexity index is 514. The molecule has 0 amide bonds. The summed E-state index contributed by atoms with van der Waals surface area (Å²) in [6, 6.07) is 1.36. The molecule has 0 N–H and O–H groups in total. The van der Waals surface area contributed by atoms with E-state index in [-0.39, 0.29) is 21.9 Å². The summed E-state index contributed by atoms with van der Waals surface area (Å²) in [6.45, 7) is 1.48. The van der Waals surface area contributed by atoms with Crippen LogP contribution in [0.4, 0.5) is 4.39 Å². The number of benzene rings is 1. The van der Waals surface area contributed by atoms with E-state index in [9.17, 15) is 12.8 Å². The van der Waals surface area contributed by atoms with E-state index in [0.717, 1.165) is 0 Å². The van der Waals surface area contributed by atoms with Gasteiger partial charge in [0.25, 0.3) is 0 Å². The first-order chi connectivity index (χ1) is 7.26. The van der Waals surface area contributed by atoms with Crippen LogP contribution in [0.5, 0.6) is 5.75 Å². The van der Waals surface area contributed by atoms with Crippen molar-refractivity contribution in [3.8, 4) is 5.75 Å². The molecule has 0 atom stereocenters. The van der Waals surface area contributed by atoms with Gasteiger partial charge in [-0.2, -0.15) is 0 Å². The predicted octanol–water partition coefficient (Wildman–Crippen LogP) is 2.86. The molecule has 16 heavy (non-hydrogen) atoms. The van der Waals surface area contributed by atoms with E-state index in [2.05, 4.69) is 0 Å². The molecule has 7 heteroatoms. The van der Waals surface area contributed by atoms with Gasteiger partial charge in [-0.15, -0.1) is 0 Å². The summed E-state index contributed by atoms with van der Waals surface area (Å²) < 4.78 is 40.4. The lowest BCUT2D eigenvalue weighted by Gasteiger charge is -2.12. The van der Waals surface area contributed by atoms with Crippen molar-refractivity contribution in [1.82, 2.24) is 0 Å². The minimum Gasteiger partial charge on any atom is -0.495 e. The van der Waals surface area contributed by atoms with Gasteiger partial charge in [0.15, 0.2) is 0 Å². The van der Waals surface area contributed by atoms with Gasteiger partial charge < -0.3 is 4.74 Å². The van der Waals surface area contributed by atoms with Gasteiger partial charge in [-0.05, 0) is 18.6 Å². The highest BCUT2D eigenvalue weighted by molar-refractivity contribution is 8.13. The molecule has 1 aromatic carbocycles. The average Bonchev–Trinajstić information content (AvgIpc) is 2.12. The molecule has 0 saturated carbocycles. The summed E-state index contributed by atoms with van der Waals surface area (Å²) in [7, 11) is 2.49. The van der Waals surface area contributed by atoms with Crippen LogP contribution in [0.25, 0.3) is 0 Å². The number of rotatable bonds is 3. The van der Waals surface area contributed by atoms with Crippen LogP contribution in [0.2, 0.25) is 5.02 Å². The van der Waals surface area contributed by atoms with Crippen molar-refractivity contribution in [2.24, 2.45) is 0 Å². The zero-order valence-corrected chi connectivity index (χ0v) is 10.9. The first-order valence-corrected chi connectivity index (χ1v) is 7.05. The van der Waals surface area contributed by atoms with Gasteiger partial charge in [0, 0.05) is 16.2 Å². The fraction of sp³-hybridized carbons (Fsp3) is 0.333. The number of methoxy groups -OCH3 is 1. The molecule has 3 nitrogen and oxygen atoms in total. The molecule has 0 aromatic heterocycles. The summed E-state index contributed by atoms with van der Waals surface area (Å²) in [5.74, 6) is -1.34. The maximum atomic E-state index is 13.7. The lowest BCUT2D eigenvalue weighted by Crippen LogP contribution is -2.04. The van der Waals surface area contributed by atoms with Crippen molar-refractivity contribution in [3.05, 3.63) is 28.0 Å². The maximum Gasteiger partial charge on any atom is 0.237 e. The van der Waals surface area contributed by atoms with E-state index in [1.807, 2.05) is 0 Å². The van der Waals surface area contributed by atoms with Crippen molar-refractivity contribution < 1.29 is 17.5 Å². The Balaban J connectivity index is 3.45. The summed E-state index contributed by atoms with van der Waals surface area (Å²) >= 11 is 5.81. The SMILES string of the molecule is COc1c(Cl)cc(C)c(F)c1CS(=O)(=O)Cl. The summed E-state index contributed by atoms with van der Waals surface area (Å²) in [4.78, 5) is 0. The third kappa shape index (κ3) is 2.99. The van der Waals surface area contributed by atoms with Gasteiger partial charge in [0.2, 0.25) is 9.05 Å². The van der Waals surface area contributed by atoms with Crippen molar-refractivity contribution in [1.29, 1.82) is 0 Å². The highest BCUT2D eigenvalue weighted by atomic mass is 35.7. The monoisotopic (exact) mass is 286 g/mol. The summed E-state index contributed by atoms with van der Waals surface area (Å²) in [6.07, 6.45) is 0. The van der Waals surface area contributed by atoms with Gasteiger partial charge in [-0.3, -0.25) is 0 Å². The van der Waals surface area contributed by atoms with Crippen molar-refractivity contribution >= 4 is 31.3 Å². The van der Waals surface area contributed by atoms with E-state index in [4.69, 9.17) is 27.0 Å². The van der Waals surface area contributed by atoms with Crippen molar-refractivity contribution in [2.45, 2.75) is 12.7 Å². The number of halogens is 3. The molecule has 0 saturated heterocycles. The molecule has 0 aliphatic rings. The molecule has 0 spiro atoms. The van der Waals surface area contributed by atoms with Crippen LogP contribution in [-0.2, 0) is 14.8 Å². The Morgan fingerprint density at radius 3 is 2.50 bits per heavy atom. The number of hydrogen-bond donors (Lipinski definition) is 0. The second-order valence-corrected chi connectivity index (χ2v) is 6.37. The summed E-state index contributed by atoms with van der Waals surface area (Å²) in [5, 5.41) is 0.150. The third-order valence-electron chi connectivity index (χ3n) is 1.97. The quantitative estimate of drug-likeness (QED) is 0.803. The number of ether oxygens (including phenoxy) is 1. The van der Waals surface area contributed by atoms with E-state index < -0.39 is 20.6 Å². The normalized spacial score (nSPS) is 11.6. The van der Waals surface area contributed by atoms with E-state index in [1.165, 1.54) is 20.1 Å². The maximum absolute atomic E-state index is 13.7. The Morgan fingerprint density at radius 1 is 1.50 bits per heavy atom. The van der Waals surface area contributed by atoms with E-state index in [0.29, 0.717) is 0 Å². The average molecular weight is 287 g/mol. The molecule has 0 unspecified atom stereocenters. The van der Waals surface area contributed by atoms with Gasteiger partial charge >= 0.3 is 0 Å². The van der Waals surface area contributed by atoms with E-state index >= 15 is 0 Å². The Hall–Kier alpha value is -0.520. The van der Waals surface area contributed by atoms with Crippen molar-refractivity contribution in [2.75, 3.05) is 7.11 Å². The fourth-order valence-electron chi connectivity index (χ4n) is 1.32. The molecule has 90 valence electrons. The van der Waals surface area contributed by atoms with Gasteiger partial charge in [0.05, 0.1) is 17.9 Å². The first kappa shape index (κ1) is 13.5. The first-order valence-electron chi connectivity index (χ1n) is 4.20. The second-order valence-electron chi connectivity index (χ2n) is 3.18. The predicted molar refractivity (Wildman–Crippen MR) is 61.2 cm³/mol. The molecule has 0 radical (unpaired) electrons. The number of aryl methyl sites for hydroxylation is 1. The van der Waals surface area contributed by atoms with Crippen LogP contribution in [-0.4, -0.2) is 15.5 Å². The van der Waals surface area contributed by atoms with Crippen LogP contribution in [0.15, 0.2) is 6.07 Å². The highest BCUT2D eigenvalue weighted by Gasteiger charge is 2.21. The van der Waals surface area contributed by atoms with Gasteiger partial charge in [0.1, 0.15) is 11.6 Å². The molecule has 0 aliphatic carbocycles. The van der Waals surface area contributed by atoms with Gasteiger partial charge in [-0.1, -0.05) is 11.6 Å². The zero-order valence-electron chi connectivity index (χ0n) is 8.55. The molecule has 0 bridgehead atoms. The highest BCUT2D eigenvalue weighted by Crippen LogP contribution is 2.34. The Kier molecular flexibility index (Phi) is 4.04. The lowest BCUT2D eigenvalue weighted by molar-refractivity contribution is 0.406. The molecule has 0 fully saturated rings. The lowest BCUT2D eigenvalue weighted by atomic mass is 10.1. The topological polar surface area (TPSA) is 43.4 Å². The van der Waals surface area contributed by atoms with Crippen LogP contribution < -0.4 is 4.74 Å². The Labute approximate surface area is 103 Å². The molecule has 1 rings (SSSR count). The van der Waals surface area contributed by atoms with E-state index in [1.54, 1.807) is 0 Å². The Morgan fingerprint density at radius 2 is 2.06 bits per heavy atom. The second kappa shape index (κ2) is 4.77. The minimum absolute atomic E-state index is 0.00556. The molecular formula is C9H9Cl2FO3S. The van der Waals surface area contributed by atoms with Crippen LogP contribution >= 0.6 is 22.3 Å². The number of hydrogen-bond acceptors (Lipinski definition) is 3. The molecular weight excluding hydrogens is 278 g/mol.